The monoisotopic (exact) mass is 396 g/mol. The minimum absolute atomic E-state index is 0.0576. The molecule has 3 aliphatic heterocycles. The number of aliphatic hydroxyl groups is 2. The molecule has 3 heterocycles. The molecule has 0 spiro atoms. The van der Waals surface area contributed by atoms with Crippen molar-refractivity contribution in [2.45, 2.75) is 69.1 Å². The fourth-order valence-electron chi connectivity index (χ4n) is 5.05. The number of rotatable bonds is 6. The van der Waals surface area contributed by atoms with E-state index in [0.717, 1.165) is 30.7 Å². The number of carboxylic acids is 1. The molecule has 0 radical (unpaired) electrons. The van der Waals surface area contributed by atoms with Gasteiger partial charge in [0.15, 0.2) is 0 Å². The van der Waals surface area contributed by atoms with Gasteiger partial charge in [-0.3, -0.25) is 4.79 Å². The van der Waals surface area contributed by atoms with Crippen molar-refractivity contribution in [2.75, 3.05) is 6.54 Å². The Morgan fingerprint density at radius 3 is 2.59 bits per heavy atom. The van der Waals surface area contributed by atoms with E-state index in [9.17, 15) is 24.9 Å². The van der Waals surface area contributed by atoms with Crippen molar-refractivity contribution in [3.05, 3.63) is 10.6 Å². The molecule has 0 aromatic heterocycles. The Bertz CT molecular complexity index is 677. The van der Waals surface area contributed by atoms with Crippen LogP contribution in [0.1, 0.15) is 39.5 Å². The number of amides is 1. The van der Waals surface area contributed by atoms with Crippen LogP contribution in [-0.2, 0) is 9.59 Å². The summed E-state index contributed by atoms with van der Waals surface area (Å²) in [4.78, 5) is 26.4. The quantitative estimate of drug-likeness (QED) is 0.491. The maximum Gasteiger partial charge on any atom is 0.353 e. The van der Waals surface area contributed by atoms with Gasteiger partial charge in [-0.1, -0.05) is 13.3 Å². The third-order valence-electron chi connectivity index (χ3n) is 6.77. The maximum absolute atomic E-state index is 12.4. The number of nitrogens with zero attached hydrogens (tertiary/aromatic N) is 1. The van der Waals surface area contributed by atoms with Gasteiger partial charge in [0, 0.05) is 28.7 Å². The van der Waals surface area contributed by atoms with E-state index < -0.39 is 18.0 Å². The van der Waals surface area contributed by atoms with Crippen LogP contribution >= 0.6 is 11.8 Å². The summed E-state index contributed by atoms with van der Waals surface area (Å²) in [6.07, 6.45) is 3.04. The zero-order chi connectivity index (χ0) is 19.5. The van der Waals surface area contributed by atoms with Gasteiger partial charge in [0.1, 0.15) is 5.70 Å². The van der Waals surface area contributed by atoms with Gasteiger partial charge < -0.3 is 25.5 Å². The predicted octanol–water partition coefficient (Wildman–Crippen LogP) is 0.765. The highest BCUT2D eigenvalue weighted by Crippen LogP contribution is 2.52. The predicted molar refractivity (Wildman–Crippen MR) is 101 cm³/mol. The van der Waals surface area contributed by atoms with E-state index in [1.165, 1.54) is 23.1 Å². The molecule has 1 aliphatic carbocycles. The molecule has 8 heteroatoms. The Morgan fingerprint density at radius 1 is 1.33 bits per heavy atom. The van der Waals surface area contributed by atoms with Gasteiger partial charge in [-0.15, -0.1) is 11.8 Å². The standard InChI is InChI=1S/C19H28N2O5S/c1-8-14-13(9(2)22)18(24)21(14)15(19(25)26)17(8)27-11-6-12(20-7-11)16(23)10-4-3-5-10/h8-14,16,20,22-23H,3-7H2,1-2H3,(H,25,26)/t8-,9?,11?,12+,13?,14?,16?/m1/s1. The molecule has 4 aliphatic rings. The molecule has 7 atom stereocenters. The molecular formula is C19H28N2O5S. The van der Waals surface area contributed by atoms with Gasteiger partial charge in [-0.2, -0.15) is 0 Å². The van der Waals surface area contributed by atoms with Crippen molar-refractivity contribution in [2.24, 2.45) is 17.8 Å². The molecule has 1 saturated carbocycles. The van der Waals surface area contributed by atoms with E-state index in [2.05, 4.69) is 5.32 Å². The minimum Gasteiger partial charge on any atom is -0.477 e. The SMILES string of the molecule is CC(O)C1C(=O)N2C(C(=O)O)=C(SC3CN[C@H](C(O)C4CCC4)C3)[C@H](C)C12. The highest BCUT2D eigenvalue weighted by atomic mass is 32.2. The second kappa shape index (κ2) is 7.06. The fourth-order valence-corrected chi connectivity index (χ4v) is 6.54. The smallest absolute Gasteiger partial charge is 0.353 e. The third-order valence-corrected chi connectivity index (χ3v) is 8.29. The van der Waals surface area contributed by atoms with Crippen molar-refractivity contribution in [3.63, 3.8) is 0 Å². The maximum atomic E-state index is 12.4. The van der Waals surface area contributed by atoms with Gasteiger partial charge >= 0.3 is 5.97 Å². The molecular weight excluding hydrogens is 368 g/mol. The number of thioether (sulfide) groups is 1. The number of β-lactam (4-membered cyclic amide) rings is 1. The van der Waals surface area contributed by atoms with E-state index >= 15 is 0 Å². The second-order valence-corrected chi connectivity index (χ2v) is 9.79. The van der Waals surface area contributed by atoms with E-state index in [1.807, 2.05) is 6.92 Å². The first-order chi connectivity index (χ1) is 12.8. The number of fused-ring (bicyclic) bond motifs is 1. The Labute approximate surface area is 163 Å². The highest BCUT2D eigenvalue weighted by molar-refractivity contribution is 8.03. The lowest BCUT2D eigenvalue weighted by Crippen LogP contribution is -2.63. The largest absolute Gasteiger partial charge is 0.477 e. The molecule has 7 nitrogen and oxygen atoms in total. The average Bonchev–Trinajstić information content (AvgIpc) is 3.09. The average molecular weight is 397 g/mol. The number of carbonyl (C=O) groups excluding carboxylic acids is 1. The highest BCUT2D eigenvalue weighted by Gasteiger charge is 2.60. The number of hydrogen-bond donors (Lipinski definition) is 4. The summed E-state index contributed by atoms with van der Waals surface area (Å²) in [5.41, 5.74) is 0.0855. The van der Waals surface area contributed by atoms with Crippen LogP contribution in [0.4, 0.5) is 0 Å². The summed E-state index contributed by atoms with van der Waals surface area (Å²) >= 11 is 1.53. The summed E-state index contributed by atoms with van der Waals surface area (Å²) in [5.74, 6) is -1.62. The molecule has 1 amide bonds. The lowest BCUT2D eigenvalue weighted by Gasteiger charge is -2.46. The summed E-state index contributed by atoms with van der Waals surface area (Å²) < 4.78 is 0. The molecule has 5 unspecified atom stereocenters. The number of nitrogens with one attached hydrogen (secondary N) is 1. The van der Waals surface area contributed by atoms with Gasteiger partial charge in [-0.25, -0.2) is 4.79 Å². The molecule has 4 N–H and O–H groups in total. The van der Waals surface area contributed by atoms with Crippen LogP contribution in [-0.4, -0.2) is 68.2 Å². The lowest BCUT2D eigenvalue weighted by atomic mass is 9.78. The fraction of sp³-hybridized carbons (Fsp3) is 0.789. The summed E-state index contributed by atoms with van der Waals surface area (Å²) in [6.45, 7) is 4.26. The first-order valence-corrected chi connectivity index (χ1v) is 10.8. The van der Waals surface area contributed by atoms with E-state index in [0.29, 0.717) is 5.92 Å². The van der Waals surface area contributed by atoms with Crippen molar-refractivity contribution in [1.82, 2.24) is 10.2 Å². The zero-order valence-electron chi connectivity index (χ0n) is 15.7. The molecule has 0 aromatic carbocycles. The Balaban J connectivity index is 1.48. The van der Waals surface area contributed by atoms with E-state index in [1.54, 1.807) is 6.92 Å². The zero-order valence-corrected chi connectivity index (χ0v) is 16.5. The van der Waals surface area contributed by atoms with Crippen LogP contribution in [0.3, 0.4) is 0 Å². The minimum atomic E-state index is -1.08. The number of hydrogen-bond acceptors (Lipinski definition) is 6. The molecule has 2 saturated heterocycles. The Hall–Kier alpha value is -1.09. The first-order valence-electron chi connectivity index (χ1n) is 9.88. The van der Waals surface area contributed by atoms with Crippen LogP contribution < -0.4 is 5.32 Å². The van der Waals surface area contributed by atoms with Gasteiger partial charge in [0.25, 0.3) is 0 Å². The van der Waals surface area contributed by atoms with E-state index in [4.69, 9.17) is 0 Å². The molecule has 150 valence electrons. The molecule has 4 rings (SSSR count). The lowest BCUT2D eigenvalue weighted by molar-refractivity contribution is -0.163. The Morgan fingerprint density at radius 2 is 2.04 bits per heavy atom. The third kappa shape index (κ3) is 3.01. The summed E-state index contributed by atoms with van der Waals surface area (Å²) in [5, 5.41) is 33.7. The number of aliphatic carboxylic acids is 1. The van der Waals surface area contributed by atoms with Crippen LogP contribution in [0.25, 0.3) is 0 Å². The van der Waals surface area contributed by atoms with Crippen LogP contribution in [0.2, 0.25) is 0 Å². The first kappa shape index (κ1) is 19.2. The summed E-state index contributed by atoms with van der Waals surface area (Å²) in [7, 11) is 0. The normalized spacial score (nSPS) is 38.4. The second-order valence-electron chi connectivity index (χ2n) is 8.44. The van der Waals surface area contributed by atoms with Crippen molar-refractivity contribution in [3.8, 4) is 0 Å². The van der Waals surface area contributed by atoms with Crippen molar-refractivity contribution in [1.29, 1.82) is 0 Å². The summed E-state index contributed by atoms with van der Waals surface area (Å²) in [6, 6.07) is -0.209. The van der Waals surface area contributed by atoms with Crippen LogP contribution in [0.5, 0.6) is 0 Å². The van der Waals surface area contributed by atoms with E-state index in [-0.39, 0.29) is 41.0 Å². The molecule has 0 aromatic rings. The topological polar surface area (TPSA) is 110 Å². The Kier molecular flexibility index (Phi) is 5.03. The number of carboxylic acid groups (broad SMARTS) is 1. The van der Waals surface area contributed by atoms with Crippen LogP contribution in [0.15, 0.2) is 10.6 Å². The molecule has 0 bridgehead atoms. The van der Waals surface area contributed by atoms with Crippen molar-refractivity contribution < 1.29 is 24.9 Å². The molecule has 3 fully saturated rings. The number of carbonyl (C=O) groups is 2. The molecule has 27 heavy (non-hydrogen) atoms. The van der Waals surface area contributed by atoms with Gasteiger partial charge in [0.2, 0.25) is 5.91 Å². The van der Waals surface area contributed by atoms with Crippen LogP contribution in [0, 0.1) is 17.8 Å². The number of aliphatic hydroxyl groups excluding tert-OH is 2. The van der Waals surface area contributed by atoms with Gasteiger partial charge in [0.05, 0.1) is 24.2 Å². The van der Waals surface area contributed by atoms with Crippen molar-refractivity contribution >= 4 is 23.6 Å². The van der Waals surface area contributed by atoms with Gasteiger partial charge in [-0.05, 0) is 32.1 Å².